The average molecular weight is 267 g/mol. The molecule has 6 nitrogen and oxygen atoms in total. The number of ether oxygens (including phenoxy) is 1. The Labute approximate surface area is 113 Å². The summed E-state index contributed by atoms with van der Waals surface area (Å²) in [4.78, 5) is 19.9. The van der Waals surface area contributed by atoms with Gasteiger partial charge in [-0.1, -0.05) is 13.8 Å². The Balaban J connectivity index is 3.03. The molecule has 0 aliphatic rings. The van der Waals surface area contributed by atoms with E-state index in [4.69, 9.17) is 9.84 Å². The van der Waals surface area contributed by atoms with Crippen molar-refractivity contribution in [2.75, 3.05) is 19.0 Å². The van der Waals surface area contributed by atoms with Gasteiger partial charge in [0.15, 0.2) is 0 Å². The lowest BCUT2D eigenvalue weighted by molar-refractivity contribution is 0.0601. The summed E-state index contributed by atoms with van der Waals surface area (Å²) in [5, 5.41) is 12.3. The molecule has 0 spiro atoms. The normalized spacial score (nSPS) is 12.3. The van der Waals surface area contributed by atoms with Crippen molar-refractivity contribution in [2.24, 2.45) is 5.92 Å². The van der Waals surface area contributed by atoms with Gasteiger partial charge in [-0.25, -0.2) is 14.8 Å². The summed E-state index contributed by atoms with van der Waals surface area (Å²) in [6, 6.07) is 0.0303. The van der Waals surface area contributed by atoms with Crippen LogP contribution in [0, 0.1) is 12.8 Å². The van der Waals surface area contributed by atoms with Crippen LogP contribution < -0.4 is 5.32 Å². The molecule has 1 rings (SSSR count). The molecule has 2 N–H and O–H groups in total. The van der Waals surface area contributed by atoms with E-state index in [1.807, 2.05) is 13.8 Å². The summed E-state index contributed by atoms with van der Waals surface area (Å²) in [7, 11) is 1.32. The number of aromatic nitrogens is 2. The van der Waals surface area contributed by atoms with Crippen molar-refractivity contribution in [1.29, 1.82) is 0 Å². The second-order valence-corrected chi connectivity index (χ2v) is 4.68. The zero-order valence-corrected chi connectivity index (χ0v) is 11.8. The first-order valence-electron chi connectivity index (χ1n) is 6.29. The Morgan fingerprint density at radius 2 is 2.21 bits per heavy atom. The maximum Gasteiger partial charge on any atom is 0.343 e. The molecule has 0 radical (unpaired) electrons. The van der Waals surface area contributed by atoms with E-state index < -0.39 is 5.97 Å². The predicted molar refractivity (Wildman–Crippen MR) is 72.1 cm³/mol. The smallest absolute Gasteiger partial charge is 0.343 e. The van der Waals surface area contributed by atoms with E-state index in [1.54, 1.807) is 6.92 Å². The van der Waals surface area contributed by atoms with E-state index in [-0.39, 0.29) is 12.6 Å². The lowest BCUT2D eigenvalue weighted by Crippen LogP contribution is -2.28. The second kappa shape index (κ2) is 7.04. The highest BCUT2D eigenvalue weighted by atomic mass is 16.5. The average Bonchev–Trinajstić information content (AvgIpc) is 2.37. The van der Waals surface area contributed by atoms with Crippen molar-refractivity contribution in [3.8, 4) is 0 Å². The fourth-order valence-corrected chi connectivity index (χ4v) is 1.73. The minimum absolute atomic E-state index is 0.0303. The third kappa shape index (κ3) is 4.17. The van der Waals surface area contributed by atoms with Gasteiger partial charge in [0, 0.05) is 18.8 Å². The van der Waals surface area contributed by atoms with Gasteiger partial charge >= 0.3 is 5.97 Å². The minimum Gasteiger partial charge on any atom is -0.465 e. The van der Waals surface area contributed by atoms with E-state index in [0.29, 0.717) is 29.5 Å². The number of methoxy groups -OCH3 is 1. The van der Waals surface area contributed by atoms with Crippen LogP contribution in [-0.4, -0.2) is 40.8 Å². The van der Waals surface area contributed by atoms with Crippen LogP contribution in [0.5, 0.6) is 0 Å². The van der Waals surface area contributed by atoms with Crippen LogP contribution in [0.15, 0.2) is 6.20 Å². The third-order valence-corrected chi connectivity index (χ3v) is 2.88. The molecule has 0 saturated carbocycles. The first-order chi connectivity index (χ1) is 8.99. The van der Waals surface area contributed by atoms with E-state index in [2.05, 4.69) is 15.3 Å². The number of aliphatic hydroxyl groups excluding tert-OH is 1. The van der Waals surface area contributed by atoms with Crippen molar-refractivity contribution >= 4 is 11.8 Å². The van der Waals surface area contributed by atoms with Crippen LogP contribution in [0.1, 0.15) is 36.5 Å². The highest BCUT2D eigenvalue weighted by Gasteiger charge is 2.19. The van der Waals surface area contributed by atoms with E-state index in [0.717, 1.165) is 0 Å². The summed E-state index contributed by atoms with van der Waals surface area (Å²) in [6.45, 7) is 5.91. The summed E-state index contributed by atoms with van der Waals surface area (Å²) >= 11 is 0. The molecule has 0 fully saturated rings. The van der Waals surface area contributed by atoms with Crippen LogP contribution in [0.4, 0.5) is 5.82 Å². The van der Waals surface area contributed by atoms with Gasteiger partial charge in [-0.15, -0.1) is 0 Å². The molecular weight excluding hydrogens is 246 g/mol. The number of anilines is 1. The molecular formula is C13H21N3O3. The number of nitrogens with zero attached hydrogens (tertiary/aromatic N) is 2. The monoisotopic (exact) mass is 267 g/mol. The molecule has 6 heteroatoms. The van der Waals surface area contributed by atoms with Gasteiger partial charge in [-0.3, -0.25) is 0 Å². The molecule has 106 valence electrons. The lowest BCUT2D eigenvalue weighted by Gasteiger charge is -2.23. The molecule has 1 aromatic heterocycles. The standard InChI is InChI=1S/C13H21N3O3/c1-8(2)11(5-6-17)16-12-10(13(18)19-4)7-14-9(3)15-12/h7-8,11,17H,5-6H2,1-4H3,(H,14,15,16). The fourth-order valence-electron chi connectivity index (χ4n) is 1.73. The zero-order valence-electron chi connectivity index (χ0n) is 11.8. The van der Waals surface area contributed by atoms with Gasteiger partial charge in [0.05, 0.1) is 7.11 Å². The van der Waals surface area contributed by atoms with Crippen LogP contribution in [0.25, 0.3) is 0 Å². The van der Waals surface area contributed by atoms with Crippen molar-refractivity contribution in [3.05, 3.63) is 17.6 Å². The number of esters is 1. The number of aryl methyl sites for hydroxylation is 1. The van der Waals surface area contributed by atoms with Crippen molar-refractivity contribution < 1.29 is 14.6 Å². The topological polar surface area (TPSA) is 84.3 Å². The largest absolute Gasteiger partial charge is 0.465 e. The molecule has 1 heterocycles. The Hall–Kier alpha value is -1.69. The maximum absolute atomic E-state index is 11.7. The molecule has 0 aliphatic heterocycles. The SMILES string of the molecule is COC(=O)c1cnc(C)nc1NC(CCO)C(C)C. The summed E-state index contributed by atoms with van der Waals surface area (Å²) < 4.78 is 4.71. The van der Waals surface area contributed by atoms with Crippen LogP contribution >= 0.6 is 0 Å². The summed E-state index contributed by atoms with van der Waals surface area (Å²) in [5.41, 5.74) is 0.302. The molecule has 1 aromatic rings. The molecule has 0 aromatic carbocycles. The number of rotatable bonds is 6. The summed E-state index contributed by atoms with van der Waals surface area (Å²) in [6.07, 6.45) is 2.04. The van der Waals surface area contributed by atoms with E-state index in [1.165, 1.54) is 13.3 Å². The second-order valence-electron chi connectivity index (χ2n) is 4.68. The Kier molecular flexibility index (Phi) is 5.69. The summed E-state index contributed by atoms with van der Waals surface area (Å²) in [5.74, 6) is 0.843. The number of hydrogen-bond acceptors (Lipinski definition) is 6. The highest BCUT2D eigenvalue weighted by molar-refractivity contribution is 5.94. The molecule has 1 atom stereocenters. The first-order valence-corrected chi connectivity index (χ1v) is 6.29. The third-order valence-electron chi connectivity index (χ3n) is 2.88. The van der Waals surface area contributed by atoms with Gasteiger partial charge in [0.2, 0.25) is 0 Å². The Morgan fingerprint density at radius 1 is 1.53 bits per heavy atom. The molecule has 1 unspecified atom stereocenters. The number of hydrogen-bond donors (Lipinski definition) is 2. The van der Waals surface area contributed by atoms with Crippen molar-refractivity contribution in [1.82, 2.24) is 9.97 Å². The van der Waals surface area contributed by atoms with Gasteiger partial charge in [-0.05, 0) is 19.3 Å². The highest BCUT2D eigenvalue weighted by Crippen LogP contribution is 2.18. The van der Waals surface area contributed by atoms with Crippen molar-refractivity contribution in [3.63, 3.8) is 0 Å². The molecule has 19 heavy (non-hydrogen) atoms. The van der Waals surface area contributed by atoms with Gasteiger partial charge in [0.25, 0.3) is 0 Å². The van der Waals surface area contributed by atoms with Crippen LogP contribution in [-0.2, 0) is 4.74 Å². The molecule has 0 saturated heterocycles. The Morgan fingerprint density at radius 3 is 2.74 bits per heavy atom. The van der Waals surface area contributed by atoms with Crippen molar-refractivity contribution in [2.45, 2.75) is 33.2 Å². The number of carbonyl (C=O) groups excluding carboxylic acids is 1. The Bertz CT molecular complexity index is 435. The van der Waals surface area contributed by atoms with Crippen LogP contribution in [0.3, 0.4) is 0 Å². The number of aliphatic hydroxyl groups is 1. The molecule has 0 amide bonds. The maximum atomic E-state index is 11.7. The van der Waals surface area contributed by atoms with Gasteiger partial charge in [-0.2, -0.15) is 0 Å². The van der Waals surface area contributed by atoms with Gasteiger partial charge < -0.3 is 15.2 Å². The minimum atomic E-state index is -0.478. The number of carbonyl (C=O) groups is 1. The quantitative estimate of drug-likeness (QED) is 0.758. The zero-order chi connectivity index (χ0) is 14.4. The van der Waals surface area contributed by atoms with E-state index >= 15 is 0 Å². The predicted octanol–water partition coefficient (Wildman–Crippen LogP) is 1.39. The van der Waals surface area contributed by atoms with E-state index in [9.17, 15) is 4.79 Å². The lowest BCUT2D eigenvalue weighted by atomic mass is 10.0. The molecule has 0 bridgehead atoms. The molecule has 0 aliphatic carbocycles. The number of nitrogens with one attached hydrogen (secondary N) is 1. The van der Waals surface area contributed by atoms with Gasteiger partial charge in [0.1, 0.15) is 17.2 Å². The fraction of sp³-hybridized carbons (Fsp3) is 0.615. The first kappa shape index (κ1) is 15.4. The van der Waals surface area contributed by atoms with Crippen LogP contribution in [0.2, 0.25) is 0 Å².